The molecule has 0 saturated carbocycles. The number of piperidine rings is 1. The Balaban J connectivity index is 1.14. The molecule has 3 aromatic rings. The summed E-state index contributed by atoms with van der Waals surface area (Å²) < 4.78 is 24.1. The van der Waals surface area contributed by atoms with Crippen molar-refractivity contribution in [3.05, 3.63) is 65.8 Å². The van der Waals surface area contributed by atoms with Crippen LogP contribution in [0.15, 0.2) is 53.1 Å². The number of likely N-dealkylation sites (tertiary alicyclic amines) is 1. The number of carbonyl (C=O) groups is 1. The minimum absolute atomic E-state index is 0.0381. The number of nitrogens with one attached hydrogen (secondary N) is 1. The van der Waals surface area contributed by atoms with Gasteiger partial charge in [-0.25, -0.2) is 4.39 Å². The van der Waals surface area contributed by atoms with Gasteiger partial charge in [0.25, 0.3) is 0 Å². The topological polar surface area (TPSA) is 80.5 Å². The highest BCUT2D eigenvalue weighted by atomic mass is 19.1. The number of aromatic nitrogens is 2. The molecule has 1 aliphatic rings. The molecule has 8 heteroatoms. The molecule has 186 valence electrons. The van der Waals surface area contributed by atoms with Crippen molar-refractivity contribution in [2.75, 3.05) is 19.6 Å². The van der Waals surface area contributed by atoms with Gasteiger partial charge in [-0.1, -0.05) is 17.3 Å². The third-order valence-electron chi connectivity index (χ3n) is 6.12. The van der Waals surface area contributed by atoms with Crippen molar-refractivity contribution < 1.29 is 18.4 Å². The minimum Gasteiger partial charge on any atom is -0.491 e. The van der Waals surface area contributed by atoms with Crippen LogP contribution in [0.4, 0.5) is 4.39 Å². The van der Waals surface area contributed by atoms with Gasteiger partial charge in [0.15, 0.2) is 0 Å². The predicted molar refractivity (Wildman–Crippen MR) is 131 cm³/mol. The molecule has 1 N–H and O–H groups in total. The van der Waals surface area contributed by atoms with Gasteiger partial charge in [-0.2, -0.15) is 4.98 Å². The molecule has 1 aliphatic heterocycles. The molecule has 0 unspecified atom stereocenters. The Hall–Kier alpha value is -3.26. The number of hydrogen-bond donors (Lipinski definition) is 1. The van der Waals surface area contributed by atoms with E-state index in [-0.39, 0.29) is 23.7 Å². The SMILES string of the molecule is CC(C)Oc1ccc(CCCNC(=O)C2CCN(Cc3nc(-c4ccc(F)cc4)no3)CC2)cc1. The van der Waals surface area contributed by atoms with Crippen LogP contribution in [0.2, 0.25) is 0 Å². The van der Waals surface area contributed by atoms with Gasteiger partial charge in [-0.3, -0.25) is 9.69 Å². The fourth-order valence-electron chi connectivity index (χ4n) is 4.24. The zero-order valence-electron chi connectivity index (χ0n) is 20.4. The average molecular weight is 481 g/mol. The largest absolute Gasteiger partial charge is 0.491 e. The van der Waals surface area contributed by atoms with Gasteiger partial charge in [0.2, 0.25) is 17.6 Å². The molecule has 0 atom stereocenters. The number of benzene rings is 2. The summed E-state index contributed by atoms with van der Waals surface area (Å²) in [5, 5.41) is 7.10. The maximum atomic E-state index is 13.1. The fourth-order valence-corrected chi connectivity index (χ4v) is 4.24. The van der Waals surface area contributed by atoms with Crippen LogP contribution in [0.1, 0.15) is 44.6 Å². The number of rotatable bonds is 10. The lowest BCUT2D eigenvalue weighted by atomic mass is 9.96. The van der Waals surface area contributed by atoms with E-state index >= 15 is 0 Å². The summed E-state index contributed by atoms with van der Waals surface area (Å²) in [6.07, 6.45) is 3.61. The summed E-state index contributed by atoms with van der Waals surface area (Å²) in [5.41, 5.74) is 1.96. The van der Waals surface area contributed by atoms with E-state index < -0.39 is 0 Å². The first-order chi connectivity index (χ1) is 17.0. The molecule has 2 aromatic carbocycles. The van der Waals surface area contributed by atoms with Crippen molar-refractivity contribution in [2.45, 2.75) is 52.2 Å². The Morgan fingerprint density at radius 3 is 2.54 bits per heavy atom. The van der Waals surface area contributed by atoms with Gasteiger partial charge in [0, 0.05) is 18.0 Å². The van der Waals surface area contributed by atoms with Crippen molar-refractivity contribution in [1.29, 1.82) is 0 Å². The first-order valence-electron chi connectivity index (χ1n) is 12.3. The molecule has 1 fully saturated rings. The van der Waals surface area contributed by atoms with Crippen LogP contribution in [0, 0.1) is 11.7 Å². The molecule has 7 nitrogen and oxygen atoms in total. The Bertz CT molecular complexity index is 1070. The molecular formula is C27H33FN4O3. The highest BCUT2D eigenvalue weighted by molar-refractivity contribution is 5.78. The number of nitrogens with zero attached hydrogens (tertiary/aromatic N) is 3. The maximum Gasteiger partial charge on any atom is 0.241 e. The number of amides is 1. The molecular weight excluding hydrogens is 447 g/mol. The van der Waals surface area contributed by atoms with Crippen molar-refractivity contribution in [3.8, 4) is 17.1 Å². The molecule has 1 aromatic heterocycles. The lowest BCUT2D eigenvalue weighted by Crippen LogP contribution is -2.40. The first-order valence-corrected chi connectivity index (χ1v) is 12.3. The van der Waals surface area contributed by atoms with E-state index in [1.165, 1.54) is 17.7 Å². The van der Waals surface area contributed by atoms with Crippen molar-refractivity contribution in [3.63, 3.8) is 0 Å². The van der Waals surface area contributed by atoms with E-state index in [9.17, 15) is 9.18 Å². The fraction of sp³-hybridized carbons (Fsp3) is 0.444. The first kappa shape index (κ1) is 24.9. The van der Waals surface area contributed by atoms with Crippen LogP contribution in [0.25, 0.3) is 11.4 Å². The van der Waals surface area contributed by atoms with E-state index in [1.807, 2.05) is 26.0 Å². The van der Waals surface area contributed by atoms with E-state index in [1.54, 1.807) is 12.1 Å². The lowest BCUT2D eigenvalue weighted by molar-refractivity contribution is -0.126. The highest BCUT2D eigenvalue weighted by Gasteiger charge is 2.25. The van der Waals surface area contributed by atoms with Crippen LogP contribution in [0.5, 0.6) is 5.75 Å². The van der Waals surface area contributed by atoms with Gasteiger partial charge in [0.1, 0.15) is 11.6 Å². The van der Waals surface area contributed by atoms with E-state index in [0.29, 0.717) is 30.4 Å². The highest BCUT2D eigenvalue weighted by Crippen LogP contribution is 2.21. The van der Waals surface area contributed by atoms with E-state index in [2.05, 4.69) is 32.5 Å². The van der Waals surface area contributed by atoms with Gasteiger partial charge >= 0.3 is 0 Å². The summed E-state index contributed by atoms with van der Waals surface area (Å²) in [4.78, 5) is 19.2. The monoisotopic (exact) mass is 480 g/mol. The van der Waals surface area contributed by atoms with Gasteiger partial charge in [0.05, 0.1) is 12.6 Å². The molecule has 0 bridgehead atoms. The number of hydrogen-bond acceptors (Lipinski definition) is 6. The molecule has 2 heterocycles. The van der Waals surface area contributed by atoms with Gasteiger partial charge in [-0.05, 0) is 94.6 Å². The van der Waals surface area contributed by atoms with Crippen LogP contribution < -0.4 is 10.1 Å². The molecule has 1 amide bonds. The zero-order chi connectivity index (χ0) is 24.6. The summed E-state index contributed by atoms with van der Waals surface area (Å²) in [6.45, 7) is 6.86. The molecule has 4 rings (SSSR count). The van der Waals surface area contributed by atoms with Crippen molar-refractivity contribution in [2.24, 2.45) is 5.92 Å². The van der Waals surface area contributed by atoms with Crippen LogP contribution in [-0.4, -0.2) is 46.7 Å². The normalized spacial score (nSPS) is 14.9. The number of halogens is 1. The third-order valence-corrected chi connectivity index (χ3v) is 6.12. The average Bonchev–Trinajstić information content (AvgIpc) is 3.31. The Morgan fingerprint density at radius 2 is 1.86 bits per heavy atom. The Kier molecular flexibility index (Phi) is 8.47. The maximum absolute atomic E-state index is 13.1. The number of ether oxygens (including phenoxy) is 1. The quantitative estimate of drug-likeness (QED) is 0.427. The Morgan fingerprint density at radius 1 is 1.14 bits per heavy atom. The van der Waals surface area contributed by atoms with Gasteiger partial charge in [-0.15, -0.1) is 0 Å². The lowest BCUT2D eigenvalue weighted by Gasteiger charge is -2.30. The smallest absolute Gasteiger partial charge is 0.241 e. The van der Waals surface area contributed by atoms with Crippen LogP contribution >= 0.6 is 0 Å². The second kappa shape index (κ2) is 11.9. The second-order valence-electron chi connectivity index (χ2n) is 9.27. The van der Waals surface area contributed by atoms with E-state index in [4.69, 9.17) is 9.26 Å². The van der Waals surface area contributed by atoms with Crippen molar-refractivity contribution in [1.82, 2.24) is 20.4 Å². The van der Waals surface area contributed by atoms with Crippen molar-refractivity contribution >= 4 is 5.91 Å². The number of aryl methyl sites for hydroxylation is 1. The standard InChI is InChI=1S/C27H33FN4O3/c1-19(2)34-24-11-5-20(6-12-24)4-3-15-29-27(33)22-13-16-32(17-14-22)18-25-30-26(31-35-25)21-7-9-23(28)10-8-21/h5-12,19,22H,3-4,13-18H2,1-2H3,(H,29,33). The predicted octanol–water partition coefficient (Wildman–Crippen LogP) is 4.62. The summed E-state index contributed by atoms with van der Waals surface area (Å²) >= 11 is 0. The van der Waals surface area contributed by atoms with Crippen LogP contribution in [-0.2, 0) is 17.8 Å². The summed E-state index contributed by atoms with van der Waals surface area (Å²) in [6, 6.07) is 14.2. The van der Waals surface area contributed by atoms with Gasteiger partial charge < -0.3 is 14.6 Å². The Labute approximate surface area is 205 Å². The molecule has 0 aliphatic carbocycles. The summed E-state index contributed by atoms with van der Waals surface area (Å²) in [7, 11) is 0. The molecule has 0 spiro atoms. The molecule has 35 heavy (non-hydrogen) atoms. The summed E-state index contributed by atoms with van der Waals surface area (Å²) in [5.74, 6) is 1.74. The second-order valence-corrected chi connectivity index (χ2v) is 9.27. The van der Waals surface area contributed by atoms with Crippen LogP contribution in [0.3, 0.4) is 0 Å². The van der Waals surface area contributed by atoms with E-state index in [0.717, 1.165) is 44.5 Å². The number of carbonyl (C=O) groups excluding carboxylic acids is 1. The third kappa shape index (κ3) is 7.36. The molecule has 1 saturated heterocycles. The minimum atomic E-state index is -0.299. The zero-order valence-corrected chi connectivity index (χ0v) is 20.4. The molecule has 0 radical (unpaired) electrons.